The largest absolute Gasteiger partial charge is 0.360 e. The van der Waals surface area contributed by atoms with Crippen molar-refractivity contribution in [2.75, 3.05) is 6.54 Å². The summed E-state index contributed by atoms with van der Waals surface area (Å²) in [5.41, 5.74) is 3.39. The number of hydrogen-bond donors (Lipinski definition) is 2. The van der Waals surface area contributed by atoms with Crippen LogP contribution in [0.2, 0.25) is 0 Å². The number of fused-ring (bicyclic) bond motifs is 1. The molecule has 4 heteroatoms. The molecule has 3 heterocycles. The number of nitrogens with zero attached hydrogens (tertiary/aromatic N) is 2. The molecule has 0 saturated heterocycles. The molecule has 1 aliphatic heterocycles. The van der Waals surface area contributed by atoms with Crippen LogP contribution in [0.25, 0.3) is 11.4 Å². The second kappa shape index (κ2) is 2.99. The molecule has 1 aliphatic rings. The average molecular weight is 188 g/mol. The molecule has 3 rings (SSSR count). The van der Waals surface area contributed by atoms with Gasteiger partial charge in [0.1, 0.15) is 5.69 Å². The Morgan fingerprint density at radius 1 is 1.43 bits per heavy atom. The van der Waals surface area contributed by atoms with E-state index in [9.17, 15) is 0 Å². The number of nitrogens with one attached hydrogen (secondary N) is 2. The van der Waals surface area contributed by atoms with Gasteiger partial charge in [-0.05, 0) is 18.2 Å². The first-order valence-corrected chi connectivity index (χ1v) is 4.85. The summed E-state index contributed by atoms with van der Waals surface area (Å²) in [6.45, 7) is 2.91. The van der Waals surface area contributed by atoms with Crippen molar-refractivity contribution >= 4 is 0 Å². The van der Waals surface area contributed by atoms with Crippen molar-refractivity contribution in [3.05, 3.63) is 30.1 Å². The highest BCUT2D eigenvalue weighted by molar-refractivity contribution is 5.54. The Hall–Kier alpha value is -1.55. The zero-order chi connectivity index (χ0) is 9.38. The summed E-state index contributed by atoms with van der Waals surface area (Å²) in [7, 11) is 0. The maximum atomic E-state index is 4.54. The zero-order valence-corrected chi connectivity index (χ0v) is 7.83. The molecule has 14 heavy (non-hydrogen) atoms. The van der Waals surface area contributed by atoms with Crippen LogP contribution in [-0.4, -0.2) is 21.3 Å². The van der Waals surface area contributed by atoms with Gasteiger partial charge in [0.2, 0.25) is 0 Å². The van der Waals surface area contributed by atoms with Gasteiger partial charge in [-0.2, -0.15) is 5.10 Å². The van der Waals surface area contributed by atoms with Crippen LogP contribution in [-0.2, 0) is 13.1 Å². The van der Waals surface area contributed by atoms with Crippen molar-refractivity contribution in [3.63, 3.8) is 0 Å². The van der Waals surface area contributed by atoms with Crippen molar-refractivity contribution in [1.29, 1.82) is 0 Å². The highest BCUT2D eigenvalue weighted by atomic mass is 15.3. The molecule has 0 atom stereocenters. The topological polar surface area (TPSA) is 45.6 Å². The van der Waals surface area contributed by atoms with Gasteiger partial charge in [0.15, 0.2) is 0 Å². The Balaban J connectivity index is 2.04. The van der Waals surface area contributed by atoms with Crippen LogP contribution in [0.15, 0.2) is 24.4 Å². The van der Waals surface area contributed by atoms with E-state index in [0.717, 1.165) is 31.0 Å². The minimum absolute atomic E-state index is 0.924. The van der Waals surface area contributed by atoms with Crippen LogP contribution in [0.5, 0.6) is 0 Å². The molecule has 0 amide bonds. The van der Waals surface area contributed by atoms with Crippen molar-refractivity contribution in [1.82, 2.24) is 20.1 Å². The first-order valence-electron chi connectivity index (χ1n) is 4.85. The van der Waals surface area contributed by atoms with Crippen molar-refractivity contribution in [3.8, 4) is 11.4 Å². The molecule has 0 spiro atoms. The van der Waals surface area contributed by atoms with E-state index in [1.54, 1.807) is 0 Å². The van der Waals surface area contributed by atoms with Crippen molar-refractivity contribution in [2.45, 2.75) is 13.1 Å². The fourth-order valence-electron chi connectivity index (χ4n) is 1.81. The van der Waals surface area contributed by atoms with E-state index >= 15 is 0 Å². The summed E-state index contributed by atoms with van der Waals surface area (Å²) in [5.74, 6) is 0. The van der Waals surface area contributed by atoms with Gasteiger partial charge >= 0.3 is 0 Å². The smallest absolute Gasteiger partial charge is 0.109 e. The Morgan fingerprint density at radius 2 is 2.43 bits per heavy atom. The first-order chi connectivity index (χ1) is 6.93. The van der Waals surface area contributed by atoms with Crippen LogP contribution >= 0.6 is 0 Å². The molecular weight excluding hydrogens is 176 g/mol. The van der Waals surface area contributed by atoms with E-state index in [1.807, 2.05) is 18.3 Å². The van der Waals surface area contributed by atoms with E-state index < -0.39 is 0 Å². The predicted octanol–water partition coefficient (Wildman–Crippen LogP) is 0.981. The molecule has 2 N–H and O–H groups in total. The van der Waals surface area contributed by atoms with Gasteiger partial charge < -0.3 is 10.3 Å². The van der Waals surface area contributed by atoms with Gasteiger partial charge in [0.25, 0.3) is 0 Å². The third-order valence-corrected chi connectivity index (χ3v) is 2.54. The summed E-state index contributed by atoms with van der Waals surface area (Å²) in [6.07, 6.45) is 1.92. The van der Waals surface area contributed by atoms with Gasteiger partial charge in [-0.25, -0.2) is 0 Å². The molecule has 0 bridgehead atoms. The Bertz CT molecular complexity index is 403. The molecule has 72 valence electrons. The molecular formula is C10H12N4. The van der Waals surface area contributed by atoms with Crippen molar-refractivity contribution in [2.24, 2.45) is 0 Å². The van der Waals surface area contributed by atoms with Crippen LogP contribution < -0.4 is 5.32 Å². The summed E-state index contributed by atoms with van der Waals surface area (Å²) in [4.78, 5) is 3.17. The van der Waals surface area contributed by atoms with Crippen LogP contribution in [0.1, 0.15) is 5.69 Å². The first kappa shape index (κ1) is 7.82. The molecule has 0 aliphatic carbocycles. The third kappa shape index (κ3) is 1.15. The number of aromatic amines is 1. The van der Waals surface area contributed by atoms with Crippen LogP contribution in [0, 0.1) is 0 Å². The second-order valence-electron chi connectivity index (χ2n) is 3.50. The van der Waals surface area contributed by atoms with E-state index in [4.69, 9.17) is 0 Å². The number of aromatic nitrogens is 3. The molecule has 0 saturated carbocycles. The number of hydrogen-bond acceptors (Lipinski definition) is 2. The normalized spacial score (nSPS) is 15.4. The molecule has 2 aromatic heterocycles. The highest BCUT2D eigenvalue weighted by Crippen LogP contribution is 2.17. The van der Waals surface area contributed by atoms with E-state index in [-0.39, 0.29) is 0 Å². The van der Waals surface area contributed by atoms with E-state index in [2.05, 4.69) is 26.1 Å². The minimum Gasteiger partial charge on any atom is -0.360 e. The van der Waals surface area contributed by atoms with Crippen LogP contribution in [0.3, 0.4) is 0 Å². The fourth-order valence-corrected chi connectivity index (χ4v) is 1.81. The lowest BCUT2D eigenvalue weighted by molar-refractivity contribution is 0.476. The lowest BCUT2D eigenvalue weighted by Gasteiger charge is -2.13. The Labute approximate surface area is 81.9 Å². The van der Waals surface area contributed by atoms with Gasteiger partial charge in [0.05, 0.1) is 17.9 Å². The highest BCUT2D eigenvalue weighted by Gasteiger charge is 2.12. The van der Waals surface area contributed by atoms with E-state index in [0.29, 0.717) is 0 Å². The summed E-state index contributed by atoms with van der Waals surface area (Å²) in [6, 6.07) is 6.17. The second-order valence-corrected chi connectivity index (χ2v) is 3.50. The maximum Gasteiger partial charge on any atom is 0.109 e. The lowest BCUT2D eigenvalue weighted by Crippen LogP contribution is -2.28. The average Bonchev–Trinajstić information content (AvgIpc) is 2.86. The predicted molar refractivity (Wildman–Crippen MR) is 53.7 cm³/mol. The lowest BCUT2D eigenvalue weighted by atomic mass is 10.3. The SMILES string of the molecule is c1c[nH]c(-c2cc3n(n2)CCNC3)c1. The molecule has 0 unspecified atom stereocenters. The number of rotatable bonds is 1. The third-order valence-electron chi connectivity index (χ3n) is 2.54. The molecule has 0 aromatic carbocycles. The quantitative estimate of drug-likeness (QED) is 0.700. The Kier molecular flexibility index (Phi) is 1.67. The summed E-state index contributed by atoms with van der Waals surface area (Å²) in [5, 5.41) is 7.87. The summed E-state index contributed by atoms with van der Waals surface area (Å²) >= 11 is 0. The molecule has 4 nitrogen and oxygen atoms in total. The van der Waals surface area contributed by atoms with Crippen LogP contribution in [0.4, 0.5) is 0 Å². The molecule has 0 radical (unpaired) electrons. The minimum atomic E-state index is 0.924. The van der Waals surface area contributed by atoms with Crippen molar-refractivity contribution < 1.29 is 0 Å². The Morgan fingerprint density at radius 3 is 3.21 bits per heavy atom. The standard InChI is InChI=1S/C10H12N4/c1-2-9(12-3-1)10-6-8-7-11-4-5-14(8)13-10/h1-3,6,11-12H,4-5,7H2. The van der Waals surface area contributed by atoms with Gasteiger partial charge in [-0.3, -0.25) is 4.68 Å². The monoisotopic (exact) mass is 188 g/mol. The number of H-pyrrole nitrogens is 1. The summed E-state index contributed by atoms with van der Waals surface area (Å²) < 4.78 is 2.08. The van der Waals surface area contributed by atoms with Gasteiger partial charge in [-0.15, -0.1) is 0 Å². The molecule has 0 fully saturated rings. The molecule has 2 aromatic rings. The van der Waals surface area contributed by atoms with E-state index in [1.165, 1.54) is 5.69 Å². The zero-order valence-electron chi connectivity index (χ0n) is 7.83. The van der Waals surface area contributed by atoms with Gasteiger partial charge in [0, 0.05) is 19.3 Å². The maximum absolute atomic E-state index is 4.54. The van der Waals surface area contributed by atoms with Gasteiger partial charge in [-0.1, -0.05) is 0 Å². The fraction of sp³-hybridized carbons (Fsp3) is 0.300.